The van der Waals surface area contributed by atoms with Crippen LogP contribution in [0.25, 0.3) is 0 Å². The van der Waals surface area contributed by atoms with Crippen LogP contribution in [0, 0.1) is 0 Å². The smallest absolute Gasteiger partial charge is 0.264 e. The lowest BCUT2D eigenvalue weighted by Gasteiger charge is -2.30. The van der Waals surface area contributed by atoms with E-state index in [2.05, 4.69) is 5.32 Å². The van der Waals surface area contributed by atoms with E-state index < -0.39 is 16.1 Å². The quantitative estimate of drug-likeness (QED) is 0.732. The van der Waals surface area contributed by atoms with Gasteiger partial charge in [0, 0.05) is 12.6 Å². The summed E-state index contributed by atoms with van der Waals surface area (Å²) in [6, 6.07) is 14.2. The first-order valence-electron chi connectivity index (χ1n) is 11.1. The van der Waals surface area contributed by atoms with Crippen molar-refractivity contribution in [2.45, 2.75) is 68.9 Å². The maximum absolute atomic E-state index is 13.2. The van der Waals surface area contributed by atoms with Gasteiger partial charge in [0.05, 0.1) is 10.6 Å². The molecule has 166 valence electrons. The SMILES string of the molecule is C[C@H](Oc1ccc(S(=O)(=O)N2CCCc3ccccc32)cc1)C(=O)NC1CCCCC1. The van der Waals surface area contributed by atoms with E-state index in [1.165, 1.54) is 10.7 Å². The van der Waals surface area contributed by atoms with E-state index in [0.717, 1.165) is 49.8 Å². The molecule has 1 aliphatic carbocycles. The van der Waals surface area contributed by atoms with Crippen molar-refractivity contribution in [2.75, 3.05) is 10.8 Å². The van der Waals surface area contributed by atoms with Gasteiger partial charge >= 0.3 is 0 Å². The Balaban J connectivity index is 1.42. The number of amides is 1. The maximum Gasteiger partial charge on any atom is 0.264 e. The predicted octanol–water partition coefficient (Wildman–Crippen LogP) is 4.04. The molecule has 1 N–H and O–H groups in total. The van der Waals surface area contributed by atoms with E-state index in [-0.39, 0.29) is 16.8 Å². The van der Waals surface area contributed by atoms with Crippen LogP contribution in [0.15, 0.2) is 53.4 Å². The number of nitrogens with one attached hydrogen (secondary N) is 1. The second-order valence-electron chi connectivity index (χ2n) is 8.38. The highest BCUT2D eigenvalue weighted by Crippen LogP contribution is 2.32. The number of anilines is 1. The molecular formula is C24H30N2O4S. The fourth-order valence-electron chi connectivity index (χ4n) is 4.39. The van der Waals surface area contributed by atoms with Crippen LogP contribution in [0.4, 0.5) is 5.69 Å². The van der Waals surface area contributed by atoms with Crippen molar-refractivity contribution in [2.24, 2.45) is 0 Å². The van der Waals surface area contributed by atoms with Gasteiger partial charge in [-0.15, -0.1) is 0 Å². The zero-order chi connectivity index (χ0) is 21.8. The molecule has 1 heterocycles. The Bertz CT molecular complexity index is 1010. The monoisotopic (exact) mass is 442 g/mol. The number of carbonyl (C=O) groups excluding carboxylic acids is 1. The molecule has 31 heavy (non-hydrogen) atoms. The van der Waals surface area contributed by atoms with E-state index in [0.29, 0.717) is 12.3 Å². The summed E-state index contributed by atoms with van der Waals surface area (Å²) in [5.74, 6) is 0.345. The van der Waals surface area contributed by atoms with E-state index in [9.17, 15) is 13.2 Å². The van der Waals surface area contributed by atoms with Crippen molar-refractivity contribution in [1.29, 1.82) is 0 Å². The number of carbonyl (C=O) groups is 1. The number of aryl methyl sites for hydroxylation is 1. The highest BCUT2D eigenvalue weighted by Gasteiger charge is 2.29. The third kappa shape index (κ3) is 4.87. The van der Waals surface area contributed by atoms with Crippen LogP contribution in [0.3, 0.4) is 0 Å². The minimum absolute atomic E-state index is 0.131. The van der Waals surface area contributed by atoms with Gasteiger partial charge in [0.25, 0.3) is 15.9 Å². The minimum Gasteiger partial charge on any atom is -0.481 e. The molecule has 1 amide bonds. The molecule has 6 nitrogen and oxygen atoms in total. The number of nitrogens with zero attached hydrogens (tertiary/aromatic N) is 1. The minimum atomic E-state index is -3.66. The summed E-state index contributed by atoms with van der Waals surface area (Å²) >= 11 is 0. The van der Waals surface area contributed by atoms with Gasteiger partial charge in [0.1, 0.15) is 5.75 Å². The zero-order valence-electron chi connectivity index (χ0n) is 17.9. The largest absolute Gasteiger partial charge is 0.481 e. The summed E-state index contributed by atoms with van der Waals surface area (Å²) in [5.41, 5.74) is 1.80. The molecule has 0 radical (unpaired) electrons. The fraction of sp³-hybridized carbons (Fsp3) is 0.458. The molecule has 1 aliphatic heterocycles. The Kier molecular flexibility index (Phi) is 6.51. The van der Waals surface area contributed by atoms with E-state index in [1.807, 2.05) is 24.3 Å². The van der Waals surface area contributed by atoms with E-state index in [1.54, 1.807) is 31.2 Å². The molecule has 4 rings (SSSR count). The molecule has 7 heteroatoms. The standard InChI is InChI=1S/C24H30N2O4S/c1-18(24(27)25-20-10-3-2-4-11-20)30-21-13-15-22(16-14-21)31(28,29)26-17-7-9-19-8-5-6-12-23(19)26/h5-6,8,12-16,18,20H,2-4,7,9-11,17H2,1H3,(H,25,27)/t18-/m0/s1. The number of para-hydroxylation sites is 1. The van der Waals surface area contributed by atoms with Crippen molar-refractivity contribution in [3.63, 3.8) is 0 Å². The summed E-state index contributed by atoms with van der Waals surface area (Å²) in [4.78, 5) is 12.6. The Labute approximate surface area is 184 Å². The van der Waals surface area contributed by atoms with E-state index >= 15 is 0 Å². The van der Waals surface area contributed by atoms with Crippen molar-refractivity contribution < 1.29 is 17.9 Å². The second kappa shape index (κ2) is 9.30. The normalized spacial score (nSPS) is 18.2. The highest BCUT2D eigenvalue weighted by atomic mass is 32.2. The summed E-state index contributed by atoms with van der Waals surface area (Å²) in [6.45, 7) is 2.18. The van der Waals surface area contributed by atoms with E-state index in [4.69, 9.17) is 4.74 Å². The van der Waals surface area contributed by atoms with Crippen molar-refractivity contribution in [1.82, 2.24) is 5.32 Å². The van der Waals surface area contributed by atoms with Crippen LogP contribution < -0.4 is 14.4 Å². The van der Waals surface area contributed by atoms with Crippen molar-refractivity contribution in [3.8, 4) is 5.75 Å². The summed E-state index contributed by atoms with van der Waals surface area (Å²) in [5, 5.41) is 3.06. The summed E-state index contributed by atoms with van der Waals surface area (Å²) in [6.07, 6.45) is 6.61. The summed E-state index contributed by atoms with van der Waals surface area (Å²) in [7, 11) is -3.66. The Morgan fingerprint density at radius 3 is 2.48 bits per heavy atom. The Hall–Kier alpha value is -2.54. The lowest BCUT2D eigenvalue weighted by Crippen LogP contribution is -2.43. The zero-order valence-corrected chi connectivity index (χ0v) is 18.7. The van der Waals surface area contributed by atoms with Gasteiger partial charge in [-0.1, -0.05) is 37.5 Å². The highest BCUT2D eigenvalue weighted by molar-refractivity contribution is 7.92. The number of ether oxygens (including phenoxy) is 1. The van der Waals surface area contributed by atoms with Crippen LogP contribution >= 0.6 is 0 Å². The van der Waals surface area contributed by atoms with Crippen LogP contribution in [0.5, 0.6) is 5.75 Å². The van der Waals surface area contributed by atoms with Crippen LogP contribution in [-0.2, 0) is 21.2 Å². The molecular weight excluding hydrogens is 412 g/mol. The van der Waals surface area contributed by atoms with Gasteiger partial charge in [-0.2, -0.15) is 0 Å². The third-order valence-electron chi connectivity index (χ3n) is 6.11. The average molecular weight is 443 g/mol. The third-order valence-corrected chi connectivity index (χ3v) is 7.94. The number of benzene rings is 2. The molecule has 0 aromatic heterocycles. The van der Waals surface area contributed by atoms with Gasteiger partial charge in [0.2, 0.25) is 0 Å². The first kappa shape index (κ1) is 21.7. The molecule has 0 spiro atoms. The fourth-order valence-corrected chi connectivity index (χ4v) is 5.93. The first-order chi connectivity index (χ1) is 14.9. The molecule has 0 unspecified atom stereocenters. The number of fused-ring (bicyclic) bond motifs is 1. The average Bonchev–Trinajstić information content (AvgIpc) is 2.79. The van der Waals surface area contributed by atoms with Gasteiger partial charge in [-0.3, -0.25) is 9.10 Å². The van der Waals surface area contributed by atoms with Gasteiger partial charge in [0.15, 0.2) is 6.10 Å². The number of hydrogen-bond donors (Lipinski definition) is 1. The van der Waals surface area contributed by atoms with Crippen LogP contribution in [-0.4, -0.2) is 33.0 Å². The molecule has 0 saturated heterocycles. The maximum atomic E-state index is 13.2. The molecule has 2 aliphatic rings. The topological polar surface area (TPSA) is 75.7 Å². The number of hydrogen-bond acceptors (Lipinski definition) is 4. The van der Waals surface area contributed by atoms with Crippen molar-refractivity contribution in [3.05, 3.63) is 54.1 Å². The van der Waals surface area contributed by atoms with Crippen LogP contribution in [0.2, 0.25) is 0 Å². The lowest BCUT2D eigenvalue weighted by molar-refractivity contribution is -0.128. The van der Waals surface area contributed by atoms with Gasteiger partial charge < -0.3 is 10.1 Å². The predicted molar refractivity (Wildman–Crippen MR) is 121 cm³/mol. The van der Waals surface area contributed by atoms with Crippen LogP contribution in [0.1, 0.15) is 51.0 Å². The van der Waals surface area contributed by atoms with Gasteiger partial charge in [-0.05, 0) is 68.5 Å². The first-order valence-corrected chi connectivity index (χ1v) is 12.6. The number of sulfonamides is 1. The molecule has 0 bridgehead atoms. The van der Waals surface area contributed by atoms with Gasteiger partial charge in [-0.25, -0.2) is 8.42 Å². The lowest BCUT2D eigenvalue weighted by atomic mass is 9.95. The molecule has 1 atom stereocenters. The second-order valence-corrected chi connectivity index (χ2v) is 10.2. The Morgan fingerprint density at radius 1 is 1.03 bits per heavy atom. The molecule has 1 fully saturated rings. The summed E-state index contributed by atoms with van der Waals surface area (Å²) < 4.78 is 33.7. The Morgan fingerprint density at radius 2 is 1.74 bits per heavy atom. The van der Waals surface area contributed by atoms with Crippen molar-refractivity contribution >= 4 is 21.6 Å². The molecule has 1 saturated carbocycles. The number of rotatable bonds is 6. The molecule has 2 aromatic carbocycles. The molecule has 2 aromatic rings.